The van der Waals surface area contributed by atoms with Crippen LogP contribution in [0, 0.1) is 12.7 Å². The van der Waals surface area contributed by atoms with Crippen LogP contribution in [0.15, 0.2) is 52.0 Å². The lowest BCUT2D eigenvalue weighted by Gasteiger charge is -2.11. The van der Waals surface area contributed by atoms with Gasteiger partial charge in [0.05, 0.1) is 21.2 Å². The molecule has 0 saturated carbocycles. The number of rotatable bonds is 4. The second-order valence-electron chi connectivity index (χ2n) is 7.01. The van der Waals surface area contributed by atoms with E-state index in [1.54, 1.807) is 0 Å². The molecule has 0 fully saturated rings. The highest BCUT2D eigenvalue weighted by Crippen LogP contribution is 2.34. The van der Waals surface area contributed by atoms with Gasteiger partial charge in [0.25, 0.3) is 5.91 Å². The lowest BCUT2D eigenvalue weighted by Crippen LogP contribution is -2.25. The summed E-state index contributed by atoms with van der Waals surface area (Å²) in [5.41, 5.74) is -2.53. The number of halogens is 6. The number of nitrogens with zero attached hydrogens (tertiary/aromatic N) is 4. The van der Waals surface area contributed by atoms with Crippen molar-refractivity contribution in [2.24, 2.45) is 0 Å². The molecule has 1 N–H and O–H groups in total. The van der Waals surface area contributed by atoms with Crippen LogP contribution < -0.4 is 11.0 Å². The fraction of sp³-hybridized carbons (Fsp3) is 0.0952. The number of anilines is 1. The summed E-state index contributed by atoms with van der Waals surface area (Å²) in [6.45, 7) is 1.42. The van der Waals surface area contributed by atoms with E-state index in [-0.39, 0.29) is 39.2 Å². The predicted octanol–water partition coefficient (Wildman–Crippen LogP) is 5.31. The number of hydrogen-bond donors (Lipinski definition) is 1. The van der Waals surface area contributed by atoms with Gasteiger partial charge in [0.2, 0.25) is 0 Å². The Bertz CT molecular complexity index is 1500. The van der Waals surface area contributed by atoms with Crippen molar-refractivity contribution in [3.8, 4) is 17.1 Å². The van der Waals surface area contributed by atoms with E-state index in [0.717, 1.165) is 16.8 Å². The van der Waals surface area contributed by atoms with Crippen LogP contribution in [0.5, 0.6) is 0 Å². The zero-order valence-electron chi connectivity index (χ0n) is 17.3. The van der Waals surface area contributed by atoms with Gasteiger partial charge in [0.15, 0.2) is 5.82 Å². The van der Waals surface area contributed by atoms with Gasteiger partial charge in [0.1, 0.15) is 28.7 Å². The molecule has 180 valence electrons. The first-order valence-corrected chi connectivity index (χ1v) is 10.3. The molecule has 4 rings (SSSR count). The SMILES string of the molecule is Cc1onc(-c2c(F)cccc2Cl)c1C(=O)Nc1ccn(-c2ncc(C(F)(F)F)cc2Cl)c(=O)n1. The van der Waals surface area contributed by atoms with Gasteiger partial charge < -0.3 is 9.84 Å². The highest BCUT2D eigenvalue weighted by molar-refractivity contribution is 6.33. The molecule has 1 amide bonds. The number of nitrogens with one attached hydrogen (secondary N) is 1. The third-order valence-corrected chi connectivity index (χ3v) is 5.30. The van der Waals surface area contributed by atoms with Gasteiger partial charge in [-0.2, -0.15) is 18.2 Å². The van der Waals surface area contributed by atoms with Gasteiger partial charge in [-0.05, 0) is 31.2 Å². The van der Waals surface area contributed by atoms with Crippen LogP contribution in [-0.4, -0.2) is 25.6 Å². The van der Waals surface area contributed by atoms with Crippen molar-refractivity contribution >= 4 is 34.9 Å². The van der Waals surface area contributed by atoms with E-state index in [4.69, 9.17) is 27.7 Å². The molecule has 14 heteroatoms. The molecule has 3 heterocycles. The van der Waals surface area contributed by atoms with Crippen molar-refractivity contribution in [3.63, 3.8) is 0 Å². The van der Waals surface area contributed by atoms with Crippen LogP contribution in [0.3, 0.4) is 0 Å². The Kier molecular flexibility index (Phi) is 6.34. The van der Waals surface area contributed by atoms with Gasteiger partial charge in [-0.1, -0.05) is 34.4 Å². The summed E-state index contributed by atoms with van der Waals surface area (Å²) < 4.78 is 58.7. The number of carbonyl (C=O) groups excluding carboxylic acids is 1. The molecule has 1 aromatic carbocycles. The topological polar surface area (TPSA) is 103 Å². The Hall–Kier alpha value is -3.77. The average molecular weight is 528 g/mol. The molecule has 0 aliphatic carbocycles. The Morgan fingerprint density at radius 1 is 1.17 bits per heavy atom. The van der Waals surface area contributed by atoms with E-state index in [2.05, 4.69) is 20.4 Å². The number of amides is 1. The number of aromatic nitrogens is 4. The van der Waals surface area contributed by atoms with Gasteiger partial charge in [0, 0.05) is 12.4 Å². The number of benzene rings is 1. The molecule has 0 atom stereocenters. The van der Waals surface area contributed by atoms with Crippen LogP contribution in [0.25, 0.3) is 17.1 Å². The van der Waals surface area contributed by atoms with Crippen LogP contribution in [-0.2, 0) is 6.18 Å². The van der Waals surface area contributed by atoms with Crippen molar-refractivity contribution < 1.29 is 26.9 Å². The molecule has 35 heavy (non-hydrogen) atoms. The van der Waals surface area contributed by atoms with Gasteiger partial charge in [-0.25, -0.2) is 14.2 Å². The quantitative estimate of drug-likeness (QED) is 0.361. The van der Waals surface area contributed by atoms with E-state index in [0.29, 0.717) is 12.3 Å². The van der Waals surface area contributed by atoms with Gasteiger partial charge in [-0.15, -0.1) is 0 Å². The highest BCUT2D eigenvalue weighted by Gasteiger charge is 2.32. The molecular formula is C21H11Cl2F4N5O3. The number of alkyl halides is 3. The normalized spacial score (nSPS) is 11.5. The molecule has 3 aromatic heterocycles. The van der Waals surface area contributed by atoms with E-state index in [1.165, 1.54) is 25.1 Å². The van der Waals surface area contributed by atoms with E-state index < -0.39 is 34.2 Å². The molecule has 4 aromatic rings. The molecule has 0 unspecified atom stereocenters. The average Bonchev–Trinajstić information content (AvgIpc) is 3.14. The summed E-state index contributed by atoms with van der Waals surface area (Å²) in [6, 6.07) is 5.73. The lowest BCUT2D eigenvalue weighted by atomic mass is 10.0. The highest BCUT2D eigenvalue weighted by atomic mass is 35.5. The molecule has 0 spiro atoms. The summed E-state index contributed by atoms with van der Waals surface area (Å²) in [7, 11) is 0. The molecule has 8 nitrogen and oxygen atoms in total. The third-order valence-electron chi connectivity index (χ3n) is 4.71. The molecule has 0 aliphatic heterocycles. The largest absolute Gasteiger partial charge is 0.417 e. The van der Waals surface area contributed by atoms with Crippen molar-refractivity contribution in [1.29, 1.82) is 0 Å². The maximum Gasteiger partial charge on any atom is 0.417 e. The lowest BCUT2D eigenvalue weighted by molar-refractivity contribution is -0.137. The maximum absolute atomic E-state index is 14.4. The smallest absolute Gasteiger partial charge is 0.360 e. The number of aryl methyl sites for hydroxylation is 1. The standard InChI is InChI=1S/C21H11Cl2F4N5O3/c1-9-15(17(31-35-9)16-11(22)3-2-4-13(16)24)19(33)29-14-5-6-32(20(34)30-14)18-12(23)7-10(8-28-18)21(25,26)27/h2-8H,1H3,(H,29,30,33,34). The maximum atomic E-state index is 14.4. The summed E-state index contributed by atoms with van der Waals surface area (Å²) in [6.07, 6.45) is -3.03. The van der Waals surface area contributed by atoms with Crippen molar-refractivity contribution in [2.45, 2.75) is 13.1 Å². The summed E-state index contributed by atoms with van der Waals surface area (Å²) in [4.78, 5) is 32.6. The van der Waals surface area contributed by atoms with Crippen LogP contribution in [0.4, 0.5) is 23.4 Å². The van der Waals surface area contributed by atoms with E-state index >= 15 is 0 Å². The minimum Gasteiger partial charge on any atom is -0.360 e. The van der Waals surface area contributed by atoms with Gasteiger partial charge >= 0.3 is 11.9 Å². The van der Waals surface area contributed by atoms with Crippen LogP contribution in [0.1, 0.15) is 21.7 Å². The minimum absolute atomic E-state index is 0.00556. The van der Waals surface area contributed by atoms with Crippen LogP contribution >= 0.6 is 23.2 Å². The zero-order chi connectivity index (χ0) is 25.5. The molecule has 0 radical (unpaired) electrons. The number of hydrogen-bond acceptors (Lipinski definition) is 6. The van der Waals surface area contributed by atoms with E-state index in [9.17, 15) is 27.2 Å². The molecular weight excluding hydrogens is 517 g/mol. The zero-order valence-corrected chi connectivity index (χ0v) is 18.8. The predicted molar refractivity (Wildman–Crippen MR) is 117 cm³/mol. The minimum atomic E-state index is -4.67. The number of pyridine rings is 1. The van der Waals surface area contributed by atoms with Gasteiger partial charge in [-0.3, -0.25) is 9.36 Å². The summed E-state index contributed by atoms with van der Waals surface area (Å²) in [5, 5.41) is 5.65. The van der Waals surface area contributed by atoms with Crippen molar-refractivity contribution in [1.82, 2.24) is 19.7 Å². The summed E-state index contributed by atoms with van der Waals surface area (Å²) >= 11 is 11.9. The number of carbonyl (C=O) groups is 1. The Labute approximate surface area is 203 Å². The Morgan fingerprint density at radius 2 is 1.91 bits per heavy atom. The Morgan fingerprint density at radius 3 is 2.54 bits per heavy atom. The molecule has 0 saturated heterocycles. The third kappa shape index (κ3) is 4.75. The van der Waals surface area contributed by atoms with Crippen LogP contribution in [0.2, 0.25) is 10.0 Å². The van der Waals surface area contributed by atoms with E-state index in [1.807, 2.05) is 0 Å². The van der Waals surface area contributed by atoms with Crippen molar-refractivity contribution in [2.75, 3.05) is 5.32 Å². The summed E-state index contributed by atoms with van der Waals surface area (Å²) in [5.74, 6) is -2.02. The first kappa shape index (κ1) is 24.4. The molecule has 0 aliphatic rings. The fourth-order valence-electron chi connectivity index (χ4n) is 3.11. The second-order valence-corrected chi connectivity index (χ2v) is 7.82. The molecule has 0 bridgehead atoms. The Balaban J connectivity index is 1.64. The second kappa shape index (κ2) is 9.12. The fourth-order valence-corrected chi connectivity index (χ4v) is 3.62. The van der Waals surface area contributed by atoms with Crippen molar-refractivity contribution in [3.05, 3.63) is 86.0 Å². The first-order valence-electron chi connectivity index (χ1n) is 9.52. The first-order chi connectivity index (χ1) is 16.5. The monoisotopic (exact) mass is 527 g/mol.